The van der Waals surface area contributed by atoms with Gasteiger partial charge in [0.1, 0.15) is 0 Å². The molecule has 2 aliphatic heterocycles. The van der Waals surface area contributed by atoms with Crippen LogP contribution < -0.4 is 4.90 Å². The first-order chi connectivity index (χ1) is 8.15. The summed E-state index contributed by atoms with van der Waals surface area (Å²) in [5, 5.41) is 0. The van der Waals surface area contributed by atoms with Crippen LogP contribution in [0.15, 0.2) is 0 Å². The summed E-state index contributed by atoms with van der Waals surface area (Å²) in [6.07, 6.45) is 1.31. The van der Waals surface area contributed by atoms with E-state index in [2.05, 4.69) is 13.8 Å². The Hall–Kier alpha value is -0.610. The number of piperidine rings is 1. The van der Waals surface area contributed by atoms with E-state index < -0.39 is 0 Å². The molecule has 17 heavy (non-hydrogen) atoms. The van der Waals surface area contributed by atoms with E-state index in [4.69, 9.17) is 4.74 Å². The number of hydrogen-bond acceptors (Lipinski definition) is 2. The lowest BCUT2D eigenvalue weighted by atomic mass is 9.92. The molecule has 0 spiro atoms. The summed E-state index contributed by atoms with van der Waals surface area (Å²) in [5.74, 6) is 1.82. The molecule has 1 amide bonds. The monoisotopic (exact) mass is 241 g/mol. The van der Waals surface area contributed by atoms with E-state index in [0.717, 1.165) is 38.0 Å². The molecule has 2 fully saturated rings. The molecular formula is C13H25N2O2+. The van der Waals surface area contributed by atoms with Gasteiger partial charge in [0.2, 0.25) is 0 Å². The van der Waals surface area contributed by atoms with E-state index in [9.17, 15) is 4.79 Å². The van der Waals surface area contributed by atoms with Crippen LogP contribution in [0.3, 0.4) is 0 Å². The van der Waals surface area contributed by atoms with Gasteiger partial charge in [-0.3, -0.25) is 4.79 Å². The summed E-state index contributed by atoms with van der Waals surface area (Å²) in [6, 6.07) is 0. The maximum atomic E-state index is 12.1. The molecule has 2 rings (SSSR count). The molecule has 2 heterocycles. The van der Waals surface area contributed by atoms with Gasteiger partial charge < -0.3 is 14.5 Å². The summed E-state index contributed by atoms with van der Waals surface area (Å²) in [6.45, 7) is 10.5. The van der Waals surface area contributed by atoms with Gasteiger partial charge in [0.25, 0.3) is 5.91 Å². The maximum Gasteiger partial charge on any atom is 0.277 e. The van der Waals surface area contributed by atoms with Crippen molar-refractivity contribution in [3.63, 3.8) is 0 Å². The normalized spacial score (nSPS) is 34.7. The molecule has 0 saturated carbocycles. The van der Waals surface area contributed by atoms with E-state index in [0.29, 0.717) is 25.7 Å². The molecule has 2 saturated heterocycles. The zero-order valence-corrected chi connectivity index (χ0v) is 11.1. The van der Waals surface area contributed by atoms with Crippen LogP contribution in [0, 0.1) is 11.8 Å². The van der Waals surface area contributed by atoms with Crippen LogP contribution in [0.25, 0.3) is 0 Å². The summed E-state index contributed by atoms with van der Waals surface area (Å²) in [4.78, 5) is 15.6. The molecular weight excluding hydrogens is 216 g/mol. The highest BCUT2D eigenvalue weighted by atomic mass is 16.5. The third-order valence-electron chi connectivity index (χ3n) is 3.84. The minimum Gasteiger partial charge on any atom is -0.378 e. The molecule has 0 aromatic carbocycles. The summed E-state index contributed by atoms with van der Waals surface area (Å²) in [5.41, 5.74) is 0. The average molecular weight is 241 g/mol. The van der Waals surface area contributed by atoms with E-state index in [-0.39, 0.29) is 0 Å². The number of carbonyl (C=O) groups excluding carboxylic acids is 1. The molecule has 2 atom stereocenters. The number of morpholine rings is 1. The van der Waals surface area contributed by atoms with Crippen LogP contribution in [0.4, 0.5) is 0 Å². The number of rotatable bonds is 2. The first-order valence-corrected chi connectivity index (χ1v) is 6.84. The first kappa shape index (κ1) is 12.8. The van der Waals surface area contributed by atoms with Gasteiger partial charge in [-0.15, -0.1) is 0 Å². The fourth-order valence-corrected chi connectivity index (χ4v) is 3.21. The lowest BCUT2D eigenvalue weighted by Crippen LogP contribution is -3.15. The number of carbonyl (C=O) groups is 1. The standard InChI is InChI=1S/C13H24N2O2/c1-11-7-12(2)9-14(8-11)10-13(16)15-3-5-17-6-4-15/h11-12H,3-10H2,1-2H3/p+1/t11-,12-/m0/s1. The Morgan fingerprint density at radius 1 is 1.24 bits per heavy atom. The Kier molecular flexibility index (Phi) is 4.40. The number of hydrogen-bond donors (Lipinski definition) is 1. The largest absolute Gasteiger partial charge is 0.378 e. The molecule has 0 aliphatic carbocycles. The summed E-state index contributed by atoms with van der Waals surface area (Å²) in [7, 11) is 0. The minimum atomic E-state index is 0.310. The Morgan fingerprint density at radius 2 is 1.82 bits per heavy atom. The number of nitrogens with one attached hydrogen (secondary N) is 1. The van der Waals surface area contributed by atoms with Gasteiger partial charge in [-0.1, -0.05) is 13.8 Å². The number of quaternary nitrogens is 1. The van der Waals surface area contributed by atoms with Crippen LogP contribution in [0.5, 0.6) is 0 Å². The van der Waals surface area contributed by atoms with Crippen molar-refractivity contribution in [3.05, 3.63) is 0 Å². The zero-order chi connectivity index (χ0) is 12.3. The second-order valence-corrected chi connectivity index (χ2v) is 5.77. The van der Waals surface area contributed by atoms with Crippen molar-refractivity contribution >= 4 is 5.91 Å². The first-order valence-electron chi connectivity index (χ1n) is 6.84. The molecule has 0 aromatic rings. The maximum absolute atomic E-state index is 12.1. The van der Waals surface area contributed by atoms with Crippen molar-refractivity contribution in [3.8, 4) is 0 Å². The van der Waals surface area contributed by atoms with Gasteiger partial charge in [0.05, 0.1) is 26.3 Å². The SMILES string of the molecule is C[C@H]1C[C@H](C)C[NH+](CC(=O)N2CCOCC2)C1. The number of likely N-dealkylation sites (tertiary alicyclic amines) is 1. The van der Waals surface area contributed by atoms with Crippen LogP contribution in [0.1, 0.15) is 20.3 Å². The lowest BCUT2D eigenvalue weighted by molar-refractivity contribution is -0.904. The zero-order valence-electron chi connectivity index (χ0n) is 11.1. The number of nitrogens with zero attached hydrogens (tertiary/aromatic N) is 1. The van der Waals surface area contributed by atoms with Crippen LogP contribution in [-0.4, -0.2) is 56.7 Å². The second-order valence-electron chi connectivity index (χ2n) is 5.77. The molecule has 0 radical (unpaired) electrons. The fourth-order valence-electron chi connectivity index (χ4n) is 3.21. The quantitative estimate of drug-likeness (QED) is 0.701. The summed E-state index contributed by atoms with van der Waals surface area (Å²) < 4.78 is 5.27. The van der Waals surface area contributed by atoms with E-state index in [1.807, 2.05) is 4.90 Å². The van der Waals surface area contributed by atoms with Crippen molar-refractivity contribution in [1.29, 1.82) is 0 Å². The number of amides is 1. The predicted octanol–water partition coefficient (Wildman–Crippen LogP) is -0.594. The number of ether oxygens (including phenoxy) is 1. The van der Waals surface area contributed by atoms with Crippen LogP contribution in [0.2, 0.25) is 0 Å². The molecule has 0 aromatic heterocycles. The Labute approximate surface area is 104 Å². The third-order valence-corrected chi connectivity index (χ3v) is 3.84. The van der Waals surface area contributed by atoms with Crippen LogP contribution >= 0.6 is 0 Å². The highest BCUT2D eigenvalue weighted by Crippen LogP contribution is 2.11. The smallest absolute Gasteiger partial charge is 0.277 e. The minimum absolute atomic E-state index is 0.310. The van der Waals surface area contributed by atoms with Crippen molar-refractivity contribution in [2.75, 3.05) is 45.9 Å². The third kappa shape index (κ3) is 3.68. The Balaban J connectivity index is 1.80. The van der Waals surface area contributed by atoms with E-state index in [1.165, 1.54) is 11.3 Å². The van der Waals surface area contributed by atoms with Gasteiger partial charge in [-0.2, -0.15) is 0 Å². The molecule has 2 aliphatic rings. The molecule has 4 heteroatoms. The molecule has 1 N–H and O–H groups in total. The van der Waals surface area contributed by atoms with Crippen LogP contribution in [-0.2, 0) is 9.53 Å². The highest BCUT2D eigenvalue weighted by Gasteiger charge is 2.28. The molecule has 0 unspecified atom stereocenters. The lowest BCUT2D eigenvalue weighted by Gasteiger charge is -2.33. The van der Waals surface area contributed by atoms with Crippen molar-refractivity contribution < 1.29 is 14.4 Å². The van der Waals surface area contributed by atoms with Crippen molar-refractivity contribution in [2.24, 2.45) is 11.8 Å². The van der Waals surface area contributed by atoms with Gasteiger partial charge >= 0.3 is 0 Å². The van der Waals surface area contributed by atoms with Gasteiger partial charge in [-0.05, 0) is 6.42 Å². The van der Waals surface area contributed by atoms with E-state index in [1.54, 1.807) is 0 Å². The topological polar surface area (TPSA) is 34.0 Å². The summed E-state index contributed by atoms with van der Waals surface area (Å²) >= 11 is 0. The van der Waals surface area contributed by atoms with Gasteiger partial charge in [-0.25, -0.2) is 0 Å². The van der Waals surface area contributed by atoms with Crippen molar-refractivity contribution in [2.45, 2.75) is 20.3 Å². The molecule has 4 nitrogen and oxygen atoms in total. The van der Waals surface area contributed by atoms with Gasteiger partial charge in [0, 0.05) is 24.9 Å². The average Bonchev–Trinajstić information content (AvgIpc) is 2.28. The predicted molar refractivity (Wildman–Crippen MR) is 65.9 cm³/mol. The fraction of sp³-hybridized carbons (Fsp3) is 0.923. The highest BCUT2D eigenvalue weighted by molar-refractivity contribution is 5.77. The second kappa shape index (κ2) is 5.83. The molecule has 98 valence electrons. The Bertz CT molecular complexity index is 254. The van der Waals surface area contributed by atoms with E-state index >= 15 is 0 Å². The Morgan fingerprint density at radius 3 is 2.41 bits per heavy atom. The molecule has 0 bridgehead atoms. The van der Waals surface area contributed by atoms with Crippen molar-refractivity contribution in [1.82, 2.24) is 4.90 Å². The van der Waals surface area contributed by atoms with Gasteiger partial charge in [0.15, 0.2) is 6.54 Å².